The van der Waals surface area contributed by atoms with Crippen LogP contribution < -0.4 is 5.32 Å². The number of aliphatic carboxylic acids is 1. The van der Waals surface area contributed by atoms with Crippen LogP contribution in [0.1, 0.15) is 43.0 Å². The highest BCUT2D eigenvalue weighted by Crippen LogP contribution is 2.32. The standard InChI is InChI=1S/C29H38N2O4S/c1-8-10-24(35-9-2)18-31(19-26(32)30-27-21(4)15-20(3)16-22(27)5)17-23-11-13-25(14-12-23)36-29(6,7)28(33)34/h8,10-16H,1,9,17-19H2,2-7H3,(H,30,32)(H,33,34)/b24-10-. The van der Waals surface area contributed by atoms with E-state index in [4.69, 9.17) is 4.74 Å². The number of carboxylic acids is 1. The number of rotatable bonds is 13. The Hall–Kier alpha value is -3.03. The summed E-state index contributed by atoms with van der Waals surface area (Å²) in [5, 5.41) is 12.5. The quantitative estimate of drug-likeness (QED) is 0.192. The summed E-state index contributed by atoms with van der Waals surface area (Å²) in [5.41, 5.74) is 5.09. The van der Waals surface area contributed by atoms with Crippen molar-refractivity contribution in [2.24, 2.45) is 0 Å². The molecule has 2 aromatic carbocycles. The van der Waals surface area contributed by atoms with Gasteiger partial charge in [-0.15, -0.1) is 11.8 Å². The van der Waals surface area contributed by atoms with Crippen LogP contribution in [0.25, 0.3) is 0 Å². The zero-order valence-corrected chi connectivity index (χ0v) is 23.0. The fourth-order valence-electron chi connectivity index (χ4n) is 3.87. The van der Waals surface area contributed by atoms with E-state index in [1.807, 2.05) is 62.9 Å². The molecule has 0 bridgehead atoms. The largest absolute Gasteiger partial charge is 0.497 e. The maximum Gasteiger partial charge on any atom is 0.319 e. The van der Waals surface area contributed by atoms with Crippen LogP contribution in [0.15, 0.2) is 65.8 Å². The van der Waals surface area contributed by atoms with Crippen molar-refractivity contribution in [3.63, 3.8) is 0 Å². The Morgan fingerprint density at radius 1 is 1.11 bits per heavy atom. The van der Waals surface area contributed by atoms with Crippen LogP contribution in [0, 0.1) is 20.8 Å². The van der Waals surface area contributed by atoms with E-state index in [2.05, 4.69) is 24.0 Å². The Morgan fingerprint density at radius 3 is 2.25 bits per heavy atom. The van der Waals surface area contributed by atoms with Crippen molar-refractivity contribution >= 4 is 29.3 Å². The number of carboxylic acid groups (broad SMARTS) is 1. The first kappa shape index (κ1) is 29.2. The maximum atomic E-state index is 13.1. The SMILES string of the molecule is C=C/C=C(/CN(CC(=O)Nc1c(C)cc(C)cc1C)Cc1ccc(SC(C)(C)C(=O)O)cc1)OCC. The summed E-state index contributed by atoms with van der Waals surface area (Å²) in [5.74, 6) is -0.224. The van der Waals surface area contributed by atoms with Gasteiger partial charge >= 0.3 is 5.97 Å². The molecule has 0 radical (unpaired) electrons. The van der Waals surface area contributed by atoms with Crippen molar-refractivity contribution in [3.8, 4) is 0 Å². The third-order valence-corrected chi connectivity index (χ3v) is 6.73. The first-order valence-corrected chi connectivity index (χ1v) is 12.8. The average Bonchev–Trinajstić information content (AvgIpc) is 2.77. The van der Waals surface area contributed by atoms with Gasteiger partial charge in [0.2, 0.25) is 5.91 Å². The molecule has 0 spiro atoms. The van der Waals surface area contributed by atoms with Crippen LogP contribution in [0.4, 0.5) is 5.69 Å². The van der Waals surface area contributed by atoms with E-state index in [0.29, 0.717) is 19.7 Å². The van der Waals surface area contributed by atoms with E-state index in [1.165, 1.54) is 11.8 Å². The zero-order valence-electron chi connectivity index (χ0n) is 22.2. The average molecular weight is 511 g/mol. The summed E-state index contributed by atoms with van der Waals surface area (Å²) in [6, 6.07) is 11.9. The number of nitrogens with one attached hydrogen (secondary N) is 1. The topological polar surface area (TPSA) is 78.9 Å². The monoisotopic (exact) mass is 510 g/mol. The third-order valence-electron chi connectivity index (χ3n) is 5.54. The van der Waals surface area contributed by atoms with Gasteiger partial charge in [-0.1, -0.05) is 42.5 Å². The number of hydrogen-bond acceptors (Lipinski definition) is 5. The molecule has 0 atom stereocenters. The second kappa shape index (κ2) is 13.3. The molecular weight excluding hydrogens is 472 g/mol. The molecule has 0 saturated heterocycles. The molecule has 194 valence electrons. The highest BCUT2D eigenvalue weighted by atomic mass is 32.2. The van der Waals surface area contributed by atoms with Gasteiger partial charge in [0.05, 0.1) is 19.7 Å². The Balaban J connectivity index is 2.21. The lowest BCUT2D eigenvalue weighted by Crippen LogP contribution is -2.35. The molecule has 0 aromatic heterocycles. The van der Waals surface area contributed by atoms with Gasteiger partial charge in [0.25, 0.3) is 0 Å². The molecule has 36 heavy (non-hydrogen) atoms. The molecule has 0 unspecified atom stereocenters. The first-order chi connectivity index (χ1) is 16.9. The molecule has 7 heteroatoms. The molecule has 1 amide bonds. The van der Waals surface area contributed by atoms with E-state index in [1.54, 1.807) is 19.9 Å². The molecule has 2 aromatic rings. The van der Waals surface area contributed by atoms with Crippen LogP contribution in [0.2, 0.25) is 0 Å². The molecule has 0 saturated carbocycles. The Bertz CT molecular complexity index is 1080. The van der Waals surface area contributed by atoms with Crippen LogP contribution in [-0.2, 0) is 20.9 Å². The maximum absolute atomic E-state index is 13.1. The number of nitrogens with zero attached hydrogens (tertiary/aromatic N) is 1. The highest BCUT2D eigenvalue weighted by molar-refractivity contribution is 8.01. The van der Waals surface area contributed by atoms with Gasteiger partial charge < -0.3 is 15.2 Å². The second-order valence-electron chi connectivity index (χ2n) is 9.33. The fraction of sp³-hybridized carbons (Fsp3) is 0.379. The predicted molar refractivity (Wildman–Crippen MR) is 148 cm³/mol. The van der Waals surface area contributed by atoms with E-state index in [0.717, 1.165) is 38.6 Å². The Morgan fingerprint density at radius 2 is 1.72 bits per heavy atom. The summed E-state index contributed by atoms with van der Waals surface area (Å²) in [7, 11) is 0. The molecule has 0 heterocycles. The van der Waals surface area contributed by atoms with Gasteiger partial charge in [-0.05, 0) is 76.4 Å². The van der Waals surface area contributed by atoms with Crippen molar-refractivity contribution in [2.45, 2.75) is 57.7 Å². The fourth-order valence-corrected chi connectivity index (χ4v) is 4.82. The van der Waals surface area contributed by atoms with Gasteiger partial charge in [0.15, 0.2) is 0 Å². The lowest BCUT2D eigenvalue weighted by molar-refractivity contribution is -0.138. The first-order valence-electron chi connectivity index (χ1n) is 12.0. The van der Waals surface area contributed by atoms with Gasteiger partial charge in [-0.2, -0.15) is 0 Å². The van der Waals surface area contributed by atoms with Crippen molar-refractivity contribution in [3.05, 3.63) is 83.1 Å². The number of hydrogen-bond donors (Lipinski definition) is 2. The number of carbonyl (C=O) groups is 2. The highest BCUT2D eigenvalue weighted by Gasteiger charge is 2.28. The Labute approximate surface area is 219 Å². The molecule has 0 fully saturated rings. The summed E-state index contributed by atoms with van der Waals surface area (Å²) in [6.07, 6.45) is 3.49. The van der Waals surface area contributed by atoms with Gasteiger partial charge in [0, 0.05) is 17.1 Å². The minimum Gasteiger partial charge on any atom is -0.497 e. The van der Waals surface area contributed by atoms with Gasteiger partial charge in [-0.3, -0.25) is 14.5 Å². The summed E-state index contributed by atoms with van der Waals surface area (Å²) in [6.45, 7) is 16.8. The van der Waals surface area contributed by atoms with Crippen LogP contribution >= 0.6 is 11.8 Å². The van der Waals surface area contributed by atoms with E-state index >= 15 is 0 Å². The summed E-state index contributed by atoms with van der Waals surface area (Å²) >= 11 is 1.30. The van der Waals surface area contributed by atoms with E-state index in [-0.39, 0.29) is 12.5 Å². The summed E-state index contributed by atoms with van der Waals surface area (Å²) < 4.78 is 4.84. The van der Waals surface area contributed by atoms with Crippen molar-refractivity contribution in [1.82, 2.24) is 4.90 Å². The van der Waals surface area contributed by atoms with Crippen LogP contribution in [0.5, 0.6) is 0 Å². The third kappa shape index (κ3) is 8.88. The molecule has 0 aliphatic carbocycles. The van der Waals surface area contributed by atoms with Crippen molar-refractivity contribution in [2.75, 3.05) is 25.0 Å². The van der Waals surface area contributed by atoms with Gasteiger partial charge in [-0.25, -0.2) is 0 Å². The number of ether oxygens (including phenoxy) is 1. The number of benzene rings is 2. The molecule has 2 rings (SSSR count). The molecule has 0 aliphatic rings. The molecule has 0 aliphatic heterocycles. The number of aryl methyl sites for hydroxylation is 3. The molecule has 2 N–H and O–H groups in total. The minimum atomic E-state index is -0.917. The predicted octanol–water partition coefficient (Wildman–Crippen LogP) is 6.11. The number of thioether (sulfide) groups is 1. The smallest absolute Gasteiger partial charge is 0.319 e. The number of allylic oxidation sites excluding steroid dienone is 2. The van der Waals surface area contributed by atoms with Crippen molar-refractivity contribution in [1.29, 1.82) is 0 Å². The van der Waals surface area contributed by atoms with Crippen LogP contribution in [-0.4, -0.2) is 46.3 Å². The molecular formula is C29H38N2O4S. The Kier molecular flexibility index (Phi) is 10.8. The lowest BCUT2D eigenvalue weighted by atomic mass is 10.1. The van der Waals surface area contributed by atoms with Crippen molar-refractivity contribution < 1.29 is 19.4 Å². The number of anilines is 1. The van der Waals surface area contributed by atoms with E-state index < -0.39 is 10.7 Å². The molecule has 6 nitrogen and oxygen atoms in total. The van der Waals surface area contributed by atoms with Crippen LogP contribution in [0.3, 0.4) is 0 Å². The van der Waals surface area contributed by atoms with Gasteiger partial charge in [0.1, 0.15) is 10.5 Å². The zero-order chi connectivity index (χ0) is 26.9. The second-order valence-corrected chi connectivity index (χ2v) is 11.0. The normalized spacial score (nSPS) is 11.9. The summed E-state index contributed by atoms with van der Waals surface area (Å²) in [4.78, 5) is 27.4. The minimum absolute atomic E-state index is 0.102. The van der Waals surface area contributed by atoms with E-state index in [9.17, 15) is 14.7 Å². The number of carbonyl (C=O) groups excluding carboxylic acids is 1. The lowest BCUT2D eigenvalue weighted by Gasteiger charge is -2.24. The number of amides is 1.